The van der Waals surface area contributed by atoms with E-state index in [-0.39, 0.29) is 5.57 Å². The second-order valence-corrected chi connectivity index (χ2v) is 4.15. The van der Waals surface area contributed by atoms with Gasteiger partial charge in [0.05, 0.1) is 0 Å². The van der Waals surface area contributed by atoms with E-state index >= 15 is 0 Å². The fraction of sp³-hybridized carbons (Fsp3) is 0.0833. The summed E-state index contributed by atoms with van der Waals surface area (Å²) in [5, 5.41) is 1.24. The Labute approximate surface area is 108 Å². The molecular formula is C12H9ClN2O3. The Hall–Kier alpha value is -2.14. The Morgan fingerprint density at radius 2 is 1.89 bits per heavy atom. The molecule has 1 aliphatic rings. The van der Waals surface area contributed by atoms with Gasteiger partial charge < -0.3 is 0 Å². The van der Waals surface area contributed by atoms with Crippen LogP contribution in [0.5, 0.6) is 0 Å². The SMILES string of the molecule is CC(=O)N1NC(=O)C(=Cc2ccc(Cl)cc2)C1=O. The third-order valence-corrected chi connectivity index (χ3v) is 2.64. The summed E-state index contributed by atoms with van der Waals surface area (Å²) < 4.78 is 0. The van der Waals surface area contributed by atoms with Crippen molar-refractivity contribution in [3.63, 3.8) is 0 Å². The van der Waals surface area contributed by atoms with E-state index in [1.807, 2.05) is 0 Å². The van der Waals surface area contributed by atoms with Gasteiger partial charge in [0.2, 0.25) is 5.91 Å². The maximum atomic E-state index is 11.8. The maximum absolute atomic E-state index is 11.8. The van der Waals surface area contributed by atoms with Crippen LogP contribution in [0.3, 0.4) is 0 Å². The largest absolute Gasteiger partial charge is 0.285 e. The van der Waals surface area contributed by atoms with Gasteiger partial charge in [0.25, 0.3) is 11.8 Å². The van der Waals surface area contributed by atoms with Crippen LogP contribution < -0.4 is 5.43 Å². The van der Waals surface area contributed by atoms with E-state index in [1.54, 1.807) is 24.3 Å². The number of nitrogens with zero attached hydrogens (tertiary/aromatic N) is 1. The molecule has 0 aromatic heterocycles. The third-order valence-electron chi connectivity index (χ3n) is 2.39. The summed E-state index contributed by atoms with van der Waals surface area (Å²) in [4.78, 5) is 34.4. The van der Waals surface area contributed by atoms with Crippen molar-refractivity contribution in [3.8, 4) is 0 Å². The molecule has 0 atom stereocenters. The van der Waals surface area contributed by atoms with Crippen molar-refractivity contribution in [3.05, 3.63) is 40.4 Å². The highest BCUT2D eigenvalue weighted by molar-refractivity contribution is 6.30. The van der Waals surface area contributed by atoms with E-state index < -0.39 is 17.7 Å². The van der Waals surface area contributed by atoms with Gasteiger partial charge in [-0.3, -0.25) is 19.8 Å². The van der Waals surface area contributed by atoms with Gasteiger partial charge >= 0.3 is 0 Å². The van der Waals surface area contributed by atoms with Crippen LogP contribution in [0, 0.1) is 0 Å². The summed E-state index contributed by atoms with van der Waals surface area (Å²) in [7, 11) is 0. The Morgan fingerprint density at radius 1 is 1.28 bits per heavy atom. The first-order valence-electron chi connectivity index (χ1n) is 5.12. The molecule has 0 radical (unpaired) electrons. The van der Waals surface area contributed by atoms with Crippen LogP contribution in [0.4, 0.5) is 0 Å². The number of carbonyl (C=O) groups excluding carboxylic acids is 3. The van der Waals surface area contributed by atoms with Gasteiger partial charge in [0, 0.05) is 11.9 Å². The van der Waals surface area contributed by atoms with Crippen molar-refractivity contribution >= 4 is 35.4 Å². The van der Waals surface area contributed by atoms with E-state index in [4.69, 9.17) is 11.6 Å². The molecule has 0 spiro atoms. The lowest BCUT2D eigenvalue weighted by Gasteiger charge is -2.07. The first-order valence-corrected chi connectivity index (χ1v) is 5.50. The minimum absolute atomic E-state index is 0.0764. The normalized spacial score (nSPS) is 17.2. The zero-order valence-corrected chi connectivity index (χ0v) is 10.2. The van der Waals surface area contributed by atoms with Gasteiger partial charge in [-0.2, -0.15) is 5.01 Å². The van der Waals surface area contributed by atoms with E-state index in [9.17, 15) is 14.4 Å². The van der Waals surface area contributed by atoms with Crippen LogP contribution >= 0.6 is 11.6 Å². The molecule has 0 unspecified atom stereocenters. The van der Waals surface area contributed by atoms with Gasteiger partial charge in [0.1, 0.15) is 5.57 Å². The number of halogens is 1. The number of rotatable bonds is 1. The molecule has 1 heterocycles. The molecule has 1 saturated heterocycles. The highest BCUT2D eigenvalue weighted by Gasteiger charge is 2.35. The summed E-state index contributed by atoms with van der Waals surface area (Å²) in [6, 6.07) is 6.64. The monoisotopic (exact) mass is 264 g/mol. The molecule has 1 aliphatic heterocycles. The third kappa shape index (κ3) is 2.26. The predicted molar refractivity (Wildman–Crippen MR) is 65.1 cm³/mol. The topological polar surface area (TPSA) is 66.5 Å². The fourth-order valence-electron chi connectivity index (χ4n) is 1.50. The summed E-state index contributed by atoms with van der Waals surface area (Å²) in [6.07, 6.45) is 1.41. The number of hydrazine groups is 1. The minimum Gasteiger partial charge on any atom is -0.273 e. The second kappa shape index (κ2) is 4.62. The molecule has 0 saturated carbocycles. The van der Waals surface area contributed by atoms with E-state index in [0.717, 1.165) is 0 Å². The number of hydrogen-bond acceptors (Lipinski definition) is 3. The van der Waals surface area contributed by atoms with E-state index in [0.29, 0.717) is 15.6 Å². The van der Waals surface area contributed by atoms with Gasteiger partial charge in [0.15, 0.2) is 0 Å². The lowest BCUT2D eigenvalue weighted by atomic mass is 10.1. The lowest BCUT2D eigenvalue weighted by Crippen LogP contribution is -2.39. The molecule has 0 aliphatic carbocycles. The van der Waals surface area contributed by atoms with Crippen molar-refractivity contribution in [1.82, 2.24) is 10.4 Å². The number of imide groups is 1. The number of amides is 3. The summed E-state index contributed by atoms with van der Waals surface area (Å²) in [5.74, 6) is -1.78. The molecule has 5 nitrogen and oxygen atoms in total. The first kappa shape index (κ1) is 12.3. The lowest BCUT2D eigenvalue weighted by molar-refractivity contribution is -0.143. The smallest absolute Gasteiger partial charge is 0.273 e. The number of hydrogen-bond donors (Lipinski definition) is 1. The molecule has 0 bridgehead atoms. The molecule has 92 valence electrons. The Bertz CT molecular complexity index is 563. The standard InChI is InChI=1S/C12H9ClN2O3/c1-7(16)15-12(18)10(11(17)14-15)6-8-2-4-9(13)5-3-8/h2-6H,1H3,(H,14,17). The molecule has 1 aromatic carbocycles. The zero-order chi connectivity index (χ0) is 13.3. The summed E-state index contributed by atoms with van der Waals surface area (Å²) in [5.41, 5.74) is 2.77. The van der Waals surface area contributed by atoms with Crippen molar-refractivity contribution in [1.29, 1.82) is 0 Å². The molecule has 1 N–H and O–H groups in total. The number of benzene rings is 1. The predicted octanol–water partition coefficient (Wildman–Crippen LogP) is 1.14. The number of nitrogens with one attached hydrogen (secondary N) is 1. The average molecular weight is 265 g/mol. The van der Waals surface area contributed by atoms with Gasteiger partial charge in [-0.15, -0.1) is 0 Å². The molecule has 3 amide bonds. The molecule has 18 heavy (non-hydrogen) atoms. The zero-order valence-electron chi connectivity index (χ0n) is 9.44. The Morgan fingerprint density at radius 3 is 2.39 bits per heavy atom. The highest BCUT2D eigenvalue weighted by Crippen LogP contribution is 2.16. The fourth-order valence-corrected chi connectivity index (χ4v) is 1.63. The minimum atomic E-state index is -0.651. The van der Waals surface area contributed by atoms with Gasteiger partial charge in [-0.1, -0.05) is 23.7 Å². The molecule has 2 rings (SSSR count). The van der Waals surface area contributed by atoms with Gasteiger partial charge in [-0.05, 0) is 23.8 Å². The van der Waals surface area contributed by atoms with Crippen molar-refractivity contribution in [2.45, 2.75) is 6.92 Å². The van der Waals surface area contributed by atoms with Crippen molar-refractivity contribution < 1.29 is 14.4 Å². The van der Waals surface area contributed by atoms with Crippen molar-refractivity contribution in [2.24, 2.45) is 0 Å². The van der Waals surface area contributed by atoms with Crippen LogP contribution in [-0.2, 0) is 14.4 Å². The van der Waals surface area contributed by atoms with Crippen LogP contribution in [0.1, 0.15) is 12.5 Å². The van der Waals surface area contributed by atoms with Gasteiger partial charge in [-0.25, -0.2) is 0 Å². The Kier molecular flexibility index (Phi) is 3.16. The molecule has 1 aromatic rings. The maximum Gasteiger partial charge on any atom is 0.285 e. The quantitative estimate of drug-likeness (QED) is 0.611. The summed E-state index contributed by atoms with van der Waals surface area (Å²) >= 11 is 5.73. The van der Waals surface area contributed by atoms with Crippen LogP contribution in [0.2, 0.25) is 5.02 Å². The Balaban J connectivity index is 2.33. The molecule has 1 fully saturated rings. The van der Waals surface area contributed by atoms with E-state index in [2.05, 4.69) is 5.43 Å². The second-order valence-electron chi connectivity index (χ2n) is 3.71. The summed E-state index contributed by atoms with van der Waals surface area (Å²) in [6.45, 7) is 1.20. The highest BCUT2D eigenvalue weighted by atomic mass is 35.5. The van der Waals surface area contributed by atoms with Crippen LogP contribution in [0.25, 0.3) is 6.08 Å². The van der Waals surface area contributed by atoms with Crippen LogP contribution in [0.15, 0.2) is 29.8 Å². The average Bonchev–Trinajstić information content (AvgIpc) is 2.60. The molecular weight excluding hydrogens is 256 g/mol. The van der Waals surface area contributed by atoms with Crippen LogP contribution in [-0.4, -0.2) is 22.7 Å². The molecule has 6 heteroatoms. The number of carbonyl (C=O) groups is 3. The van der Waals surface area contributed by atoms with Crippen molar-refractivity contribution in [2.75, 3.05) is 0 Å². The van der Waals surface area contributed by atoms with E-state index in [1.165, 1.54) is 13.0 Å². The first-order chi connectivity index (χ1) is 8.49.